The van der Waals surface area contributed by atoms with Crippen molar-refractivity contribution in [1.82, 2.24) is 14.8 Å². The third-order valence-electron chi connectivity index (χ3n) is 8.10. The summed E-state index contributed by atoms with van der Waals surface area (Å²) in [4.78, 5) is 23.8. The van der Waals surface area contributed by atoms with Crippen LogP contribution in [0, 0.1) is 23.1 Å². The SMILES string of the molecule is CCCC[C@H]1Cc2c([nH]c3c(F)cc(F)cc23)[C@H](c2ccc(N3CCN(C)CC3)cc2)N1C(=O)C#C[Si](C)(C)C. The Labute approximate surface area is 237 Å². The number of hydrogen-bond acceptors (Lipinski definition) is 3. The molecule has 8 heteroatoms. The Balaban J connectivity index is 1.64. The highest BCUT2D eigenvalue weighted by molar-refractivity contribution is 6.84. The lowest BCUT2D eigenvalue weighted by atomic mass is 9.86. The first-order valence-electron chi connectivity index (χ1n) is 14.4. The van der Waals surface area contributed by atoms with Gasteiger partial charge in [0, 0.05) is 55.1 Å². The lowest BCUT2D eigenvalue weighted by molar-refractivity contribution is -0.130. The molecule has 2 aliphatic heterocycles. The molecule has 0 spiro atoms. The number of halogens is 2. The van der Waals surface area contributed by atoms with E-state index in [-0.39, 0.29) is 11.9 Å². The highest BCUT2D eigenvalue weighted by atomic mass is 28.3. The molecule has 40 heavy (non-hydrogen) atoms. The number of benzene rings is 2. The molecule has 2 aromatic carbocycles. The molecule has 2 atom stereocenters. The van der Waals surface area contributed by atoms with Crippen LogP contribution < -0.4 is 4.90 Å². The van der Waals surface area contributed by atoms with E-state index in [2.05, 4.69) is 84.1 Å². The summed E-state index contributed by atoms with van der Waals surface area (Å²) in [6.45, 7) is 12.5. The zero-order valence-corrected chi connectivity index (χ0v) is 25.3. The lowest BCUT2D eigenvalue weighted by Crippen LogP contribution is -2.47. The third kappa shape index (κ3) is 5.82. The van der Waals surface area contributed by atoms with E-state index in [1.165, 1.54) is 6.07 Å². The van der Waals surface area contributed by atoms with Crippen LogP contribution in [0.25, 0.3) is 10.9 Å². The second-order valence-corrected chi connectivity index (χ2v) is 17.1. The maximum absolute atomic E-state index is 15.0. The third-order valence-corrected chi connectivity index (χ3v) is 8.97. The van der Waals surface area contributed by atoms with E-state index >= 15 is 0 Å². The molecule has 0 unspecified atom stereocenters. The second kappa shape index (κ2) is 11.4. The van der Waals surface area contributed by atoms with Crippen LogP contribution in [-0.2, 0) is 11.2 Å². The summed E-state index contributed by atoms with van der Waals surface area (Å²) in [6.07, 6.45) is 3.28. The number of likely N-dealkylation sites (N-methyl/N-ethyl adjacent to an activating group) is 1. The fourth-order valence-electron chi connectivity index (χ4n) is 5.96. The van der Waals surface area contributed by atoms with E-state index in [0.29, 0.717) is 17.3 Å². The van der Waals surface area contributed by atoms with E-state index in [1.54, 1.807) is 0 Å². The lowest BCUT2D eigenvalue weighted by Gasteiger charge is -2.42. The van der Waals surface area contributed by atoms with Gasteiger partial charge in [-0.05, 0) is 55.1 Å². The number of nitrogens with one attached hydrogen (secondary N) is 1. The van der Waals surface area contributed by atoms with Crippen LogP contribution in [0.1, 0.15) is 49.0 Å². The van der Waals surface area contributed by atoms with Crippen LogP contribution >= 0.6 is 0 Å². The Kier molecular flexibility index (Phi) is 8.07. The molecule has 1 fully saturated rings. The largest absolute Gasteiger partial charge is 0.369 e. The summed E-state index contributed by atoms with van der Waals surface area (Å²) < 4.78 is 29.4. The molecule has 212 valence electrons. The highest BCUT2D eigenvalue weighted by Crippen LogP contribution is 2.43. The van der Waals surface area contributed by atoms with Crippen LogP contribution in [0.3, 0.4) is 0 Å². The predicted octanol–water partition coefficient (Wildman–Crippen LogP) is 6.11. The number of aromatic amines is 1. The number of carbonyl (C=O) groups excluding carboxylic acids is 1. The highest BCUT2D eigenvalue weighted by Gasteiger charge is 2.40. The molecule has 2 aliphatic rings. The molecule has 0 aliphatic carbocycles. The summed E-state index contributed by atoms with van der Waals surface area (Å²) in [7, 11) is 0.348. The average Bonchev–Trinajstić information content (AvgIpc) is 3.28. The quantitative estimate of drug-likeness (QED) is 0.301. The molecular weight excluding hydrogens is 522 g/mol. The summed E-state index contributed by atoms with van der Waals surface area (Å²) in [5.74, 6) is 1.58. The van der Waals surface area contributed by atoms with Gasteiger partial charge in [-0.3, -0.25) is 4.79 Å². The fraction of sp³-hybridized carbons (Fsp3) is 0.469. The van der Waals surface area contributed by atoms with Crippen LogP contribution in [0.2, 0.25) is 19.6 Å². The van der Waals surface area contributed by atoms with Gasteiger partial charge >= 0.3 is 0 Å². The number of nitrogens with zero attached hydrogens (tertiary/aromatic N) is 3. The van der Waals surface area contributed by atoms with Crippen LogP contribution in [0.4, 0.5) is 14.5 Å². The number of fused-ring (bicyclic) bond motifs is 3. The summed E-state index contributed by atoms with van der Waals surface area (Å²) >= 11 is 0. The van der Waals surface area contributed by atoms with Crippen molar-refractivity contribution in [3.8, 4) is 11.5 Å². The fourth-order valence-corrected chi connectivity index (χ4v) is 6.44. The van der Waals surface area contributed by atoms with Crippen molar-refractivity contribution >= 4 is 30.6 Å². The van der Waals surface area contributed by atoms with Crippen LogP contribution in [0.5, 0.6) is 0 Å². The Morgan fingerprint density at radius 2 is 1.77 bits per heavy atom. The first-order chi connectivity index (χ1) is 19.1. The summed E-state index contributed by atoms with van der Waals surface area (Å²) in [5.41, 5.74) is 7.29. The normalized spacial score (nSPS) is 19.9. The van der Waals surface area contributed by atoms with Crippen molar-refractivity contribution < 1.29 is 13.6 Å². The number of piperazine rings is 1. The minimum absolute atomic E-state index is 0.122. The van der Waals surface area contributed by atoms with E-state index in [1.807, 2.05) is 4.90 Å². The molecule has 0 saturated carbocycles. The number of anilines is 1. The minimum atomic E-state index is -1.79. The van der Waals surface area contributed by atoms with Gasteiger partial charge in [-0.15, -0.1) is 5.54 Å². The molecule has 1 aromatic heterocycles. The maximum Gasteiger partial charge on any atom is 0.298 e. The summed E-state index contributed by atoms with van der Waals surface area (Å²) in [6, 6.07) is 10.2. The van der Waals surface area contributed by atoms with E-state index in [9.17, 15) is 13.6 Å². The number of unbranched alkanes of at least 4 members (excludes halogenated alkanes) is 1. The molecule has 1 N–H and O–H groups in total. The van der Waals surface area contributed by atoms with Gasteiger partial charge in [0.1, 0.15) is 19.7 Å². The van der Waals surface area contributed by atoms with Crippen molar-refractivity contribution in [3.63, 3.8) is 0 Å². The average molecular weight is 563 g/mol. The number of hydrogen-bond donors (Lipinski definition) is 1. The molecule has 5 rings (SSSR count). The predicted molar refractivity (Wildman–Crippen MR) is 161 cm³/mol. The number of carbonyl (C=O) groups is 1. The van der Waals surface area contributed by atoms with Gasteiger partial charge in [-0.25, -0.2) is 8.78 Å². The molecule has 1 saturated heterocycles. The Bertz CT molecular complexity index is 1440. The Hall–Kier alpha value is -3.15. The molecular formula is C32H40F2N4OSi. The van der Waals surface area contributed by atoms with Crippen LogP contribution in [0.15, 0.2) is 36.4 Å². The van der Waals surface area contributed by atoms with E-state index < -0.39 is 25.8 Å². The molecule has 5 nitrogen and oxygen atoms in total. The standard InChI is InChI=1S/C32H40F2N4OSi/c1-6-7-8-25-21-27-26-19-23(33)20-28(34)30(26)35-31(27)32(38(25)29(39)13-18-40(3,4)5)22-9-11-24(12-10-22)37-16-14-36(2)15-17-37/h9-12,19-20,25,32,35H,6-8,14-17,21H2,1-5H3/t25-,32-/m0/s1. The van der Waals surface area contributed by atoms with Crippen molar-refractivity contribution in [2.75, 3.05) is 38.1 Å². The van der Waals surface area contributed by atoms with Crippen molar-refractivity contribution in [1.29, 1.82) is 0 Å². The Morgan fingerprint density at radius 3 is 2.42 bits per heavy atom. The van der Waals surface area contributed by atoms with Gasteiger partial charge in [-0.2, -0.15) is 0 Å². The van der Waals surface area contributed by atoms with Gasteiger partial charge in [0.15, 0.2) is 0 Å². The Morgan fingerprint density at radius 1 is 1.07 bits per heavy atom. The number of aromatic nitrogens is 1. The van der Waals surface area contributed by atoms with Crippen LogP contribution in [-0.4, -0.2) is 68.0 Å². The molecule has 0 bridgehead atoms. The first kappa shape index (κ1) is 28.4. The number of rotatable bonds is 5. The molecule has 1 amide bonds. The van der Waals surface area contributed by atoms with E-state index in [0.717, 1.165) is 74.0 Å². The summed E-state index contributed by atoms with van der Waals surface area (Å²) in [5, 5.41) is 0.563. The van der Waals surface area contributed by atoms with Gasteiger partial charge in [0.05, 0.1) is 11.6 Å². The smallest absolute Gasteiger partial charge is 0.298 e. The van der Waals surface area contributed by atoms with Gasteiger partial charge < -0.3 is 19.7 Å². The number of amides is 1. The van der Waals surface area contributed by atoms with Crippen molar-refractivity contribution in [2.45, 2.75) is 64.3 Å². The van der Waals surface area contributed by atoms with Crippen molar-refractivity contribution in [3.05, 3.63) is 64.9 Å². The molecule has 3 heterocycles. The molecule has 0 radical (unpaired) electrons. The van der Waals surface area contributed by atoms with E-state index in [4.69, 9.17) is 0 Å². The molecule has 3 aromatic rings. The van der Waals surface area contributed by atoms with Gasteiger partial charge in [0.2, 0.25) is 0 Å². The zero-order valence-electron chi connectivity index (χ0n) is 24.3. The first-order valence-corrected chi connectivity index (χ1v) is 17.9. The van der Waals surface area contributed by atoms with Gasteiger partial charge in [0.25, 0.3) is 5.91 Å². The maximum atomic E-state index is 15.0. The topological polar surface area (TPSA) is 42.6 Å². The second-order valence-electron chi connectivity index (χ2n) is 12.3. The monoisotopic (exact) mass is 562 g/mol. The zero-order chi connectivity index (χ0) is 28.6. The van der Waals surface area contributed by atoms with Gasteiger partial charge in [-0.1, -0.05) is 51.5 Å². The number of H-pyrrole nitrogens is 1. The van der Waals surface area contributed by atoms with Crippen molar-refractivity contribution in [2.24, 2.45) is 0 Å². The minimum Gasteiger partial charge on any atom is -0.369 e.